The largest absolute Gasteiger partial charge is 0.494 e. The second kappa shape index (κ2) is 8.76. The smallest absolute Gasteiger partial charge is 0.246 e. The number of aromatic nitrogens is 1. The van der Waals surface area contributed by atoms with E-state index in [9.17, 15) is 4.79 Å². The maximum atomic E-state index is 12.6. The number of rotatable bonds is 4. The van der Waals surface area contributed by atoms with Crippen molar-refractivity contribution in [2.24, 2.45) is 0 Å². The molecular weight excluding hydrogens is 398 g/mol. The minimum absolute atomic E-state index is 0.0221. The summed E-state index contributed by atoms with van der Waals surface area (Å²) < 4.78 is 5.49. The van der Waals surface area contributed by atoms with Crippen molar-refractivity contribution < 1.29 is 9.53 Å². The normalized spacial score (nSPS) is 14.5. The van der Waals surface area contributed by atoms with Crippen molar-refractivity contribution in [1.82, 2.24) is 9.88 Å². The summed E-state index contributed by atoms with van der Waals surface area (Å²) >= 11 is 5.90. The molecule has 0 saturated carbocycles. The molecule has 0 N–H and O–H groups in total. The second-order valence-electron chi connectivity index (χ2n) is 7.35. The Bertz CT molecular complexity index is 1090. The van der Waals surface area contributed by atoms with Crippen LogP contribution in [-0.4, -0.2) is 49.1 Å². The van der Waals surface area contributed by atoms with Gasteiger partial charge in [-0.15, -0.1) is 0 Å². The zero-order valence-corrected chi connectivity index (χ0v) is 17.9. The van der Waals surface area contributed by atoms with Crippen LogP contribution in [0.1, 0.15) is 11.1 Å². The molecule has 4 rings (SSSR count). The molecule has 154 valence electrons. The number of nitrogens with zero attached hydrogens (tertiary/aromatic N) is 3. The number of carbonyl (C=O) groups is 1. The second-order valence-corrected chi connectivity index (χ2v) is 7.79. The Morgan fingerprint density at radius 3 is 2.53 bits per heavy atom. The molecule has 0 spiro atoms. The molecule has 1 aromatic heterocycles. The first kappa shape index (κ1) is 20.2. The van der Waals surface area contributed by atoms with Gasteiger partial charge in [0.25, 0.3) is 0 Å². The Balaban J connectivity index is 1.44. The number of hydrogen-bond donors (Lipinski definition) is 0. The van der Waals surface area contributed by atoms with Crippen LogP contribution in [0, 0.1) is 6.92 Å². The molecule has 6 heteroatoms. The summed E-state index contributed by atoms with van der Waals surface area (Å²) in [6.45, 7) is 4.90. The standard InChI is InChI=1S/C24H24ClN3O2/c1-17-16-22(26-24-20(17)4-3-5-21(24)30-2)27-12-14-28(15-13-27)23(29)11-8-18-6-9-19(25)10-7-18/h3-11,16H,12-15H2,1-2H3/b11-8+. The highest BCUT2D eigenvalue weighted by atomic mass is 35.5. The summed E-state index contributed by atoms with van der Waals surface area (Å²) in [6.07, 6.45) is 3.45. The van der Waals surface area contributed by atoms with E-state index in [1.54, 1.807) is 13.2 Å². The molecule has 3 aromatic rings. The van der Waals surface area contributed by atoms with Gasteiger partial charge in [0.2, 0.25) is 5.91 Å². The van der Waals surface area contributed by atoms with Crippen LogP contribution < -0.4 is 9.64 Å². The molecule has 0 unspecified atom stereocenters. The molecule has 0 atom stereocenters. The molecule has 0 aliphatic carbocycles. The quantitative estimate of drug-likeness (QED) is 0.579. The first-order chi connectivity index (χ1) is 14.5. The van der Waals surface area contributed by atoms with E-state index in [0.717, 1.165) is 41.1 Å². The van der Waals surface area contributed by atoms with Gasteiger partial charge in [-0.25, -0.2) is 4.98 Å². The van der Waals surface area contributed by atoms with Gasteiger partial charge >= 0.3 is 0 Å². The molecule has 1 saturated heterocycles. The van der Waals surface area contributed by atoms with Crippen LogP contribution >= 0.6 is 11.6 Å². The van der Waals surface area contributed by atoms with Crippen LogP contribution in [0.5, 0.6) is 5.75 Å². The predicted octanol–water partition coefficient (Wildman–Crippen LogP) is 4.57. The van der Waals surface area contributed by atoms with Crippen molar-refractivity contribution in [2.45, 2.75) is 6.92 Å². The van der Waals surface area contributed by atoms with Crippen LogP contribution in [0.3, 0.4) is 0 Å². The Morgan fingerprint density at radius 2 is 1.83 bits per heavy atom. The summed E-state index contributed by atoms with van der Waals surface area (Å²) in [5.41, 5.74) is 2.99. The van der Waals surface area contributed by atoms with Gasteiger partial charge in [0, 0.05) is 42.7 Å². The van der Waals surface area contributed by atoms with Crippen molar-refractivity contribution in [3.63, 3.8) is 0 Å². The number of methoxy groups -OCH3 is 1. The lowest BCUT2D eigenvalue weighted by Gasteiger charge is -2.35. The number of amides is 1. The molecule has 5 nitrogen and oxygen atoms in total. The Kier molecular flexibility index (Phi) is 5.91. The van der Waals surface area contributed by atoms with E-state index in [1.807, 2.05) is 47.4 Å². The number of piperazine rings is 1. The fourth-order valence-corrected chi connectivity index (χ4v) is 3.83. The molecule has 1 aliphatic heterocycles. The maximum Gasteiger partial charge on any atom is 0.246 e. The van der Waals surface area contributed by atoms with Crippen molar-refractivity contribution >= 4 is 40.3 Å². The zero-order chi connectivity index (χ0) is 21.1. The first-order valence-electron chi connectivity index (χ1n) is 9.97. The Labute approximate surface area is 181 Å². The van der Waals surface area contributed by atoms with E-state index in [4.69, 9.17) is 21.3 Å². The SMILES string of the molecule is COc1cccc2c(C)cc(N3CCN(C(=O)/C=C/c4ccc(Cl)cc4)CC3)nc12. The third kappa shape index (κ3) is 4.26. The highest BCUT2D eigenvalue weighted by molar-refractivity contribution is 6.30. The fraction of sp³-hybridized carbons (Fsp3) is 0.250. The van der Waals surface area contributed by atoms with Gasteiger partial charge in [-0.1, -0.05) is 35.9 Å². The van der Waals surface area contributed by atoms with Crippen LogP contribution in [-0.2, 0) is 4.79 Å². The number of ether oxygens (including phenoxy) is 1. The van der Waals surface area contributed by atoms with Gasteiger partial charge in [-0.3, -0.25) is 4.79 Å². The predicted molar refractivity (Wildman–Crippen MR) is 122 cm³/mol. The molecule has 30 heavy (non-hydrogen) atoms. The average molecular weight is 422 g/mol. The van der Waals surface area contributed by atoms with Crippen LogP contribution in [0.25, 0.3) is 17.0 Å². The lowest BCUT2D eigenvalue weighted by molar-refractivity contribution is -0.126. The summed E-state index contributed by atoms with van der Waals surface area (Å²) in [5, 5.41) is 1.78. The number of benzene rings is 2. The first-order valence-corrected chi connectivity index (χ1v) is 10.3. The lowest BCUT2D eigenvalue weighted by Crippen LogP contribution is -2.48. The number of anilines is 1. The third-order valence-corrected chi connectivity index (χ3v) is 5.67. The number of carbonyl (C=O) groups excluding carboxylic acids is 1. The van der Waals surface area contributed by atoms with Crippen molar-refractivity contribution in [3.05, 3.63) is 70.8 Å². The van der Waals surface area contributed by atoms with E-state index in [-0.39, 0.29) is 5.91 Å². The number of halogens is 1. The van der Waals surface area contributed by atoms with E-state index < -0.39 is 0 Å². The minimum atomic E-state index is 0.0221. The monoisotopic (exact) mass is 421 g/mol. The number of hydrogen-bond acceptors (Lipinski definition) is 4. The number of para-hydroxylation sites is 1. The van der Waals surface area contributed by atoms with Crippen molar-refractivity contribution in [1.29, 1.82) is 0 Å². The summed E-state index contributed by atoms with van der Waals surface area (Å²) in [5.74, 6) is 1.72. The van der Waals surface area contributed by atoms with Crippen molar-refractivity contribution in [3.8, 4) is 5.75 Å². The van der Waals surface area contributed by atoms with Gasteiger partial charge in [0.1, 0.15) is 17.1 Å². The van der Waals surface area contributed by atoms with Gasteiger partial charge in [0.05, 0.1) is 7.11 Å². The van der Waals surface area contributed by atoms with E-state index >= 15 is 0 Å². The van der Waals surface area contributed by atoms with E-state index in [2.05, 4.69) is 24.0 Å². The highest BCUT2D eigenvalue weighted by Crippen LogP contribution is 2.29. The van der Waals surface area contributed by atoms with Gasteiger partial charge in [-0.2, -0.15) is 0 Å². The topological polar surface area (TPSA) is 45.7 Å². The van der Waals surface area contributed by atoms with Gasteiger partial charge in [-0.05, 0) is 48.4 Å². The summed E-state index contributed by atoms with van der Waals surface area (Å²) in [7, 11) is 1.67. The van der Waals surface area contributed by atoms with Gasteiger partial charge in [0.15, 0.2) is 0 Å². The number of aryl methyl sites for hydroxylation is 1. The van der Waals surface area contributed by atoms with E-state index in [0.29, 0.717) is 18.1 Å². The van der Waals surface area contributed by atoms with Crippen LogP contribution in [0.2, 0.25) is 5.02 Å². The molecule has 0 bridgehead atoms. The molecule has 2 heterocycles. The summed E-state index contributed by atoms with van der Waals surface area (Å²) in [4.78, 5) is 21.5. The lowest BCUT2D eigenvalue weighted by atomic mass is 10.1. The Morgan fingerprint density at radius 1 is 1.10 bits per heavy atom. The van der Waals surface area contributed by atoms with Crippen LogP contribution in [0.4, 0.5) is 5.82 Å². The molecule has 1 aliphatic rings. The number of pyridine rings is 1. The number of fused-ring (bicyclic) bond motifs is 1. The Hall–Kier alpha value is -3.05. The van der Waals surface area contributed by atoms with Crippen LogP contribution in [0.15, 0.2) is 54.6 Å². The third-order valence-electron chi connectivity index (χ3n) is 5.42. The fourth-order valence-electron chi connectivity index (χ4n) is 3.70. The molecule has 2 aromatic carbocycles. The average Bonchev–Trinajstić information content (AvgIpc) is 2.78. The molecule has 1 fully saturated rings. The highest BCUT2D eigenvalue weighted by Gasteiger charge is 2.21. The summed E-state index contributed by atoms with van der Waals surface area (Å²) in [6, 6.07) is 15.5. The van der Waals surface area contributed by atoms with Crippen molar-refractivity contribution in [2.75, 3.05) is 38.2 Å². The molecule has 1 amide bonds. The molecular formula is C24H24ClN3O2. The molecule has 0 radical (unpaired) electrons. The van der Waals surface area contributed by atoms with E-state index in [1.165, 1.54) is 5.56 Å². The minimum Gasteiger partial charge on any atom is -0.494 e. The maximum absolute atomic E-state index is 12.6. The zero-order valence-electron chi connectivity index (χ0n) is 17.1. The van der Waals surface area contributed by atoms with Gasteiger partial charge < -0.3 is 14.5 Å².